The van der Waals surface area contributed by atoms with Crippen molar-refractivity contribution >= 4 is 33.5 Å². The molecule has 0 saturated heterocycles. The maximum absolute atomic E-state index is 11.9. The van der Waals surface area contributed by atoms with E-state index in [1.165, 1.54) is 18.2 Å². The van der Waals surface area contributed by atoms with Crippen molar-refractivity contribution in [3.8, 4) is 0 Å². The van der Waals surface area contributed by atoms with Crippen molar-refractivity contribution < 1.29 is 22.8 Å². The molecule has 17 heavy (non-hydrogen) atoms. The summed E-state index contributed by atoms with van der Waals surface area (Å²) >= 11 is 5.74. The number of halogens is 1. The number of amides is 1. The summed E-state index contributed by atoms with van der Waals surface area (Å²) in [5.74, 6) is -1.88. The summed E-state index contributed by atoms with van der Waals surface area (Å²) in [7, 11) is -4.16. The van der Waals surface area contributed by atoms with E-state index in [0.717, 1.165) is 6.92 Å². The second kappa shape index (κ2) is 3.71. The van der Waals surface area contributed by atoms with Gasteiger partial charge in [0.15, 0.2) is 0 Å². The molecule has 90 valence electrons. The minimum atomic E-state index is -4.16. The molecule has 1 aliphatic heterocycles. The van der Waals surface area contributed by atoms with E-state index in [-0.39, 0.29) is 20.0 Å². The monoisotopic (exact) mass is 275 g/mol. The van der Waals surface area contributed by atoms with Crippen molar-refractivity contribution in [3.63, 3.8) is 0 Å². The molecule has 0 saturated carbocycles. The molecule has 1 aliphatic rings. The van der Waals surface area contributed by atoms with Crippen LogP contribution in [0.4, 0.5) is 0 Å². The first kappa shape index (κ1) is 11.9. The number of benzene rings is 1. The average Bonchev–Trinajstić information content (AvgIpc) is 2.41. The molecule has 0 aromatic heterocycles. The van der Waals surface area contributed by atoms with Crippen LogP contribution in [0.25, 0.3) is 0 Å². The molecular formula is C9H6ClNO5S. The van der Waals surface area contributed by atoms with Crippen LogP contribution in [0, 0.1) is 0 Å². The lowest BCUT2D eigenvalue weighted by atomic mass is 10.2. The standard InChI is InChI=1S/C9H6ClNO5S/c1-5(12)16-11-9(13)8-6(10)3-2-4-7(8)17(11,14)15/h2-4H,1H3. The summed E-state index contributed by atoms with van der Waals surface area (Å²) in [6.45, 7) is 0.993. The van der Waals surface area contributed by atoms with Crippen LogP contribution >= 0.6 is 11.6 Å². The van der Waals surface area contributed by atoms with Crippen molar-refractivity contribution in [1.29, 1.82) is 0 Å². The Morgan fingerprint density at radius 1 is 1.41 bits per heavy atom. The highest BCUT2D eigenvalue weighted by atomic mass is 35.5. The highest BCUT2D eigenvalue weighted by Crippen LogP contribution is 2.34. The van der Waals surface area contributed by atoms with Gasteiger partial charge in [-0.3, -0.25) is 4.79 Å². The molecule has 0 radical (unpaired) electrons. The molecule has 0 fully saturated rings. The summed E-state index contributed by atoms with van der Waals surface area (Å²) in [5.41, 5.74) is -0.185. The van der Waals surface area contributed by atoms with Crippen LogP contribution in [0.15, 0.2) is 23.1 Å². The molecule has 1 heterocycles. The van der Waals surface area contributed by atoms with E-state index in [9.17, 15) is 18.0 Å². The van der Waals surface area contributed by atoms with Gasteiger partial charge in [0.1, 0.15) is 4.90 Å². The fraction of sp³-hybridized carbons (Fsp3) is 0.111. The third kappa shape index (κ3) is 1.67. The van der Waals surface area contributed by atoms with Crippen molar-refractivity contribution in [2.24, 2.45) is 0 Å². The molecule has 0 N–H and O–H groups in total. The van der Waals surface area contributed by atoms with Gasteiger partial charge in [-0.1, -0.05) is 17.7 Å². The lowest BCUT2D eigenvalue weighted by Gasteiger charge is -2.11. The second-order valence-electron chi connectivity index (χ2n) is 3.23. The smallest absolute Gasteiger partial charge is 0.323 e. The van der Waals surface area contributed by atoms with Crippen LogP contribution in [0.3, 0.4) is 0 Å². The number of fused-ring (bicyclic) bond motifs is 1. The Kier molecular flexibility index (Phi) is 2.59. The first-order valence-corrected chi connectivity index (χ1v) is 6.24. The van der Waals surface area contributed by atoms with Gasteiger partial charge in [-0.15, -0.1) is 0 Å². The number of sulfonamides is 1. The van der Waals surface area contributed by atoms with Crippen LogP contribution in [-0.2, 0) is 19.7 Å². The summed E-state index contributed by atoms with van der Waals surface area (Å²) in [6.07, 6.45) is 0. The van der Waals surface area contributed by atoms with E-state index in [4.69, 9.17) is 11.6 Å². The molecule has 6 nitrogen and oxygen atoms in total. The third-order valence-electron chi connectivity index (χ3n) is 2.06. The molecule has 1 amide bonds. The highest BCUT2D eigenvalue weighted by Gasteiger charge is 2.45. The van der Waals surface area contributed by atoms with Gasteiger partial charge in [0.05, 0.1) is 10.6 Å². The summed E-state index contributed by atoms with van der Waals surface area (Å²) in [5, 5.41) is -0.00859. The third-order valence-corrected chi connectivity index (χ3v) is 3.95. The van der Waals surface area contributed by atoms with Crippen molar-refractivity contribution in [1.82, 2.24) is 4.47 Å². The quantitative estimate of drug-likeness (QED) is 0.763. The second-order valence-corrected chi connectivity index (χ2v) is 5.36. The van der Waals surface area contributed by atoms with Crippen LogP contribution in [0.1, 0.15) is 17.3 Å². The molecular weight excluding hydrogens is 270 g/mol. The zero-order chi connectivity index (χ0) is 12.8. The molecule has 0 aliphatic carbocycles. The van der Waals surface area contributed by atoms with E-state index in [2.05, 4.69) is 4.84 Å². The van der Waals surface area contributed by atoms with Gasteiger partial charge in [0.25, 0.3) is 10.0 Å². The Morgan fingerprint density at radius 3 is 2.59 bits per heavy atom. The summed E-state index contributed by atoms with van der Waals surface area (Å²) in [6, 6.07) is 3.99. The maximum Gasteiger partial charge on any atom is 0.331 e. The number of rotatable bonds is 1. The number of hydroxylamine groups is 1. The van der Waals surface area contributed by atoms with E-state index in [0.29, 0.717) is 0 Å². The predicted octanol–water partition coefficient (Wildman–Crippen LogP) is 0.963. The summed E-state index contributed by atoms with van der Waals surface area (Å²) < 4.78 is 23.8. The zero-order valence-electron chi connectivity index (χ0n) is 8.51. The van der Waals surface area contributed by atoms with Gasteiger partial charge in [-0.2, -0.15) is 8.42 Å². The first-order chi connectivity index (χ1) is 7.85. The Hall–Kier alpha value is -1.60. The lowest BCUT2D eigenvalue weighted by molar-refractivity contribution is -0.159. The topological polar surface area (TPSA) is 80.8 Å². The molecule has 1 aromatic carbocycles. The number of hydrogen-bond acceptors (Lipinski definition) is 5. The van der Waals surface area contributed by atoms with Gasteiger partial charge in [0.2, 0.25) is 0 Å². The molecule has 0 bridgehead atoms. The lowest BCUT2D eigenvalue weighted by Crippen LogP contribution is -2.32. The van der Waals surface area contributed by atoms with Crippen molar-refractivity contribution in [2.75, 3.05) is 0 Å². The van der Waals surface area contributed by atoms with E-state index in [1.54, 1.807) is 0 Å². The van der Waals surface area contributed by atoms with Gasteiger partial charge in [0, 0.05) is 6.92 Å². The maximum atomic E-state index is 11.9. The highest BCUT2D eigenvalue weighted by molar-refractivity contribution is 7.90. The normalized spacial score (nSPS) is 16.8. The van der Waals surface area contributed by atoms with Crippen LogP contribution < -0.4 is 0 Å². The molecule has 8 heteroatoms. The fourth-order valence-electron chi connectivity index (χ4n) is 1.42. The van der Waals surface area contributed by atoms with Crippen LogP contribution in [0.5, 0.6) is 0 Å². The largest absolute Gasteiger partial charge is 0.331 e. The van der Waals surface area contributed by atoms with Gasteiger partial charge in [-0.05, 0) is 16.6 Å². The number of carbonyl (C=O) groups is 2. The molecule has 0 atom stereocenters. The molecule has 1 aromatic rings. The average molecular weight is 276 g/mol. The van der Waals surface area contributed by atoms with E-state index in [1.807, 2.05) is 0 Å². The van der Waals surface area contributed by atoms with Crippen LogP contribution in [0.2, 0.25) is 5.02 Å². The first-order valence-electron chi connectivity index (χ1n) is 4.42. The minimum absolute atomic E-state index is 0.00859. The van der Waals surface area contributed by atoms with Gasteiger partial charge in [-0.25, -0.2) is 4.79 Å². The Morgan fingerprint density at radius 2 is 2.06 bits per heavy atom. The van der Waals surface area contributed by atoms with Gasteiger partial charge >= 0.3 is 11.9 Å². The summed E-state index contributed by atoms with van der Waals surface area (Å²) in [4.78, 5) is 26.6. The van der Waals surface area contributed by atoms with Crippen molar-refractivity contribution in [3.05, 3.63) is 28.8 Å². The minimum Gasteiger partial charge on any atom is -0.323 e. The number of carbonyl (C=O) groups excluding carboxylic acids is 2. The number of nitrogens with zero attached hydrogens (tertiary/aromatic N) is 1. The van der Waals surface area contributed by atoms with Gasteiger partial charge < -0.3 is 4.84 Å². The molecule has 0 unspecified atom stereocenters. The molecule has 0 spiro atoms. The SMILES string of the molecule is CC(=O)ON1C(=O)c2c(Cl)cccc2S1(=O)=O. The number of hydrogen-bond donors (Lipinski definition) is 0. The zero-order valence-corrected chi connectivity index (χ0v) is 10.1. The fourth-order valence-corrected chi connectivity index (χ4v) is 3.13. The van der Waals surface area contributed by atoms with Crippen molar-refractivity contribution in [2.45, 2.75) is 11.8 Å². The van der Waals surface area contributed by atoms with E-state index >= 15 is 0 Å². The molecule has 2 rings (SSSR count). The predicted molar refractivity (Wildman–Crippen MR) is 56.6 cm³/mol. The Balaban J connectivity index is 2.65. The van der Waals surface area contributed by atoms with Crippen LogP contribution in [-0.4, -0.2) is 24.8 Å². The van der Waals surface area contributed by atoms with E-state index < -0.39 is 21.9 Å². The Bertz CT molecular complexity index is 624. The Labute approximate surface area is 102 Å².